The summed E-state index contributed by atoms with van der Waals surface area (Å²) in [4.78, 5) is 21.9. The van der Waals surface area contributed by atoms with Gasteiger partial charge in [0.05, 0.1) is 16.5 Å². The van der Waals surface area contributed by atoms with Gasteiger partial charge in [-0.15, -0.1) is 11.6 Å². The van der Waals surface area contributed by atoms with Gasteiger partial charge in [-0.3, -0.25) is 14.9 Å². The van der Waals surface area contributed by atoms with Crippen molar-refractivity contribution in [2.45, 2.75) is 25.8 Å². The molecule has 0 aliphatic carbocycles. The summed E-state index contributed by atoms with van der Waals surface area (Å²) in [6, 6.07) is 0.890. The zero-order chi connectivity index (χ0) is 15.5. The number of nitrogens with zero attached hydrogens (tertiary/aromatic N) is 1. The summed E-state index contributed by atoms with van der Waals surface area (Å²) in [5, 5.41) is 13.3. The molecule has 5 nitrogen and oxygen atoms in total. The number of rotatable bonds is 5. The van der Waals surface area contributed by atoms with Gasteiger partial charge in [0.2, 0.25) is 0 Å². The normalized spacial score (nSPS) is 13.7. The molecule has 1 N–H and O–H groups in total. The average Bonchev–Trinajstić information content (AvgIpc) is 2.40. The van der Waals surface area contributed by atoms with Gasteiger partial charge in [0.25, 0.3) is 11.6 Å². The van der Waals surface area contributed by atoms with E-state index in [0.29, 0.717) is 18.6 Å². The Morgan fingerprint density at radius 2 is 2.00 bits per heavy atom. The maximum Gasteiger partial charge on any atom is 0.285 e. The summed E-state index contributed by atoms with van der Waals surface area (Å²) >= 11 is 5.72. The van der Waals surface area contributed by atoms with E-state index in [-0.39, 0.29) is 5.88 Å². The topological polar surface area (TPSA) is 72.2 Å². The maximum atomic E-state index is 13.2. The van der Waals surface area contributed by atoms with Crippen LogP contribution in [0.5, 0.6) is 0 Å². The van der Waals surface area contributed by atoms with Crippen molar-refractivity contribution in [3.8, 4) is 0 Å². The van der Waals surface area contributed by atoms with E-state index in [1.54, 1.807) is 13.8 Å². The van der Waals surface area contributed by atoms with E-state index in [0.717, 1.165) is 0 Å². The Morgan fingerprint density at radius 3 is 2.45 bits per heavy atom. The van der Waals surface area contributed by atoms with Gasteiger partial charge in [0.1, 0.15) is 5.56 Å². The van der Waals surface area contributed by atoms with Crippen LogP contribution in [0, 0.1) is 21.7 Å². The molecule has 1 unspecified atom stereocenters. The minimum atomic E-state index is -1.39. The summed E-state index contributed by atoms with van der Waals surface area (Å²) in [6.07, 6.45) is 0.472. The molecule has 1 rings (SSSR count). The zero-order valence-electron chi connectivity index (χ0n) is 10.9. The molecule has 20 heavy (non-hydrogen) atoms. The molecule has 0 aromatic heterocycles. The number of nitrogens with one attached hydrogen (secondary N) is 1. The first kappa shape index (κ1) is 16.3. The molecular weight excluding hydrogens is 294 g/mol. The first-order valence-corrected chi connectivity index (χ1v) is 6.29. The van der Waals surface area contributed by atoms with Crippen molar-refractivity contribution in [3.05, 3.63) is 39.4 Å². The Kier molecular flexibility index (Phi) is 4.99. The highest BCUT2D eigenvalue weighted by Crippen LogP contribution is 2.23. The first-order valence-electron chi connectivity index (χ1n) is 5.76. The second-order valence-corrected chi connectivity index (χ2v) is 4.81. The maximum absolute atomic E-state index is 13.2. The molecule has 1 aromatic carbocycles. The van der Waals surface area contributed by atoms with Gasteiger partial charge in [-0.25, -0.2) is 8.78 Å². The Balaban J connectivity index is 3.22. The van der Waals surface area contributed by atoms with E-state index in [9.17, 15) is 23.7 Å². The summed E-state index contributed by atoms with van der Waals surface area (Å²) < 4.78 is 26.2. The lowest BCUT2D eigenvalue weighted by Crippen LogP contribution is -2.47. The lowest BCUT2D eigenvalue weighted by molar-refractivity contribution is -0.385. The fraction of sp³-hybridized carbons (Fsp3) is 0.417. The van der Waals surface area contributed by atoms with Crippen LogP contribution in [-0.4, -0.2) is 22.2 Å². The Labute approximate surface area is 119 Å². The monoisotopic (exact) mass is 306 g/mol. The smallest absolute Gasteiger partial charge is 0.285 e. The molecular formula is C12H13ClF2N2O3. The number of benzene rings is 1. The van der Waals surface area contributed by atoms with E-state index < -0.39 is 39.3 Å². The van der Waals surface area contributed by atoms with E-state index >= 15 is 0 Å². The fourth-order valence-corrected chi connectivity index (χ4v) is 1.68. The quantitative estimate of drug-likeness (QED) is 0.516. The molecule has 0 saturated heterocycles. The third kappa shape index (κ3) is 3.41. The molecule has 0 radical (unpaired) electrons. The molecule has 0 aliphatic rings. The summed E-state index contributed by atoms with van der Waals surface area (Å²) in [5.74, 6) is -3.51. The molecule has 110 valence electrons. The van der Waals surface area contributed by atoms with Gasteiger partial charge >= 0.3 is 0 Å². The number of amides is 1. The van der Waals surface area contributed by atoms with E-state index in [2.05, 4.69) is 5.32 Å². The van der Waals surface area contributed by atoms with Crippen molar-refractivity contribution in [2.75, 3.05) is 5.88 Å². The lowest BCUT2D eigenvalue weighted by Gasteiger charge is -2.26. The van der Waals surface area contributed by atoms with Gasteiger partial charge in [-0.05, 0) is 19.4 Å². The average molecular weight is 307 g/mol. The first-order chi connectivity index (χ1) is 9.24. The standard InChI is InChI=1S/C12H13ClF2N2O3/c1-3-12(2,6-13)16-11(18)7-4-8(14)9(15)5-10(7)17(19)20/h4-5H,3,6H2,1-2H3,(H,16,18). The minimum absolute atomic E-state index is 0.0761. The summed E-state index contributed by atoms with van der Waals surface area (Å²) in [5.41, 5.74) is -2.13. The predicted octanol–water partition coefficient (Wildman–Crippen LogP) is 3.01. The number of halogens is 3. The van der Waals surface area contributed by atoms with Gasteiger partial charge in [-0.1, -0.05) is 6.92 Å². The van der Waals surface area contributed by atoms with Gasteiger partial charge in [0.15, 0.2) is 11.6 Å². The number of carbonyl (C=O) groups is 1. The molecule has 0 fully saturated rings. The minimum Gasteiger partial charge on any atom is -0.345 e. The van der Waals surface area contributed by atoms with Crippen LogP contribution >= 0.6 is 11.6 Å². The molecule has 1 aromatic rings. The van der Waals surface area contributed by atoms with Crippen LogP contribution in [0.15, 0.2) is 12.1 Å². The molecule has 0 spiro atoms. The zero-order valence-corrected chi connectivity index (χ0v) is 11.6. The van der Waals surface area contributed by atoms with E-state index in [4.69, 9.17) is 11.6 Å². The number of carbonyl (C=O) groups excluding carboxylic acids is 1. The number of nitro benzene ring substituents is 1. The molecule has 0 heterocycles. The third-order valence-corrected chi connectivity index (χ3v) is 3.56. The number of alkyl halides is 1. The van der Waals surface area contributed by atoms with Gasteiger partial charge in [0, 0.05) is 5.88 Å². The van der Waals surface area contributed by atoms with Crippen LogP contribution in [0.3, 0.4) is 0 Å². The van der Waals surface area contributed by atoms with Crippen molar-refractivity contribution >= 4 is 23.2 Å². The molecule has 0 bridgehead atoms. The van der Waals surface area contributed by atoms with E-state index in [1.165, 1.54) is 0 Å². The highest BCUT2D eigenvalue weighted by molar-refractivity contribution is 6.19. The summed E-state index contributed by atoms with van der Waals surface area (Å²) in [6.45, 7) is 3.41. The predicted molar refractivity (Wildman–Crippen MR) is 69.9 cm³/mol. The highest BCUT2D eigenvalue weighted by Gasteiger charge is 2.29. The highest BCUT2D eigenvalue weighted by atomic mass is 35.5. The van der Waals surface area contributed by atoms with Crippen LogP contribution in [0.1, 0.15) is 30.6 Å². The lowest BCUT2D eigenvalue weighted by atomic mass is 10.0. The summed E-state index contributed by atoms with van der Waals surface area (Å²) in [7, 11) is 0. The largest absolute Gasteiger partial charge is 0.345 e. The van der Waals surface area contributed by atoms with Crippen molar-refractivity contribution in [3.63, 3.8) is 0 Å². The van der Waals surface area contributed by atoms with E-state index in [1.807, 2.05) is 0 Å². The fourth-order valence-electron chi connectivity index (χ4n) is 1.43. The van der Waals surface area contributed by atoms with Crippen LogP contribution in [0.2, 0.25) is 0 Å². The molecule has 8 heteroatoms. The molecule has 0 aliphatic heterocycles. The number of hydrogen-bond donors (Lipinski definition) is 1. The SMILES string of the molecule is CCC(C)(CCl)NC(=O)c1cc(F)c(F)cc1[N+](=O)[O-]. The third-order valence-electron chi connectivity index (χ3n) is 2.97. The molecule has 0 saturated carbocycles. The number of hydrogen-bond acceptors (Lipinski definition) is 3. The van der Waals surface area contributed by atoms with Crippen molar-refractivity contribution in [2.24, 2.45) is 0 Å². The molecule has 1 amide bonds. The Bertz CT molecular complexity index is 548. The Hall–Kier alpha value is -1.76. The van der Waals surface area contributed by atoms with Crippen molar-refractivity contribution < 1.29 is 18.5 Å². The van der Waals surface area contributed by atoms with Crippen LogP contribution in [0.25, 0.3) is 0 Å². The van der Waals surface area contributed by atoms with Crippen LogP contribution in [-0.2, 0) is 0 Å². The Morgan fingerprint density at radius 1 is 1.45 bits per heavy atom. The molecule has 1 atom stereocenters. The van der Waals surface area contributed by atoms with Crippen molar-refractivity contribution in [1.82, 2.24) is 5.32 Å². The second kappa shape index (κ2) is 6.13. The number of nitro groups is 1. The van der Waals surface area contributed by atoms with Gasteiger partial charge < -0.3 is 5.32 Å². The van der Waals surface area contributed by atoms with Crippen LogP contribution in [0.4, 0.5) is 14.5 Å². The van der Waals surface area contributed by atoms with Crippen LogP contribution < -0.4 is 5.32 Å². The van der Waals surface area contributed by atoms with Gasteiger partial charge in [-0.2, -0.15) is 0 Å². The van der Waals surface area contributed by atoms with Crippen molar-refractivity contribution in [1.29, 1.82) is 0 Å². The second-order valence-electron chi connectivity index (χ2n) is 4.54.